The Morgan fingerprint density at radius 1 is 1.32 bits per heavy atom. The molecule has 108 valence electrons. The predicted molar refractivity (Wildman–Crippen MR) is 85.8 cm³/mol. The Bertz CT molecular complexity index is 344. The Kier molecular flexibility index (Phi) is 5.90. The standard InChI is InChI=1S/C17H29NS/c1-13(2)9-15-5-4-6-17(11-15)18-14(3)10-16-7-8-19-12-16/h7-8,12-15,17-18H,4-6,9-11H2,1-3H3. The maximum atomic E-state index is 3.86. The van der Waals surface area contributed by atoms with Crippen molar-refractivity contribution in [2.75, 3.05) is 0 Å². The van der Waals surface area contributed by atoms with Gasteiger partial charge >= 0.3 is 0 Å². The maximum absolute atomic E-state index is 3.86. The van der Waals surface area contributed by atoms with Crippen LogP contribution in [0.25, 0.3) is 0 Å². The van der Waals surface area contributed by atoms with Crippen molar-refractivity contribution >= 4 is 11.3 Å². The lowest BCUT2D eigenvalue weighted by Crippen LogP contribution is -2.40. The van der Waals surface area contributed by atoms with E-state index in [1.807, 2.05) is 11.3 Å². The Labute approximate surface area is 122 Å². The van der Waals surface area contributed by atoms with E-state index in [-0.39, 0.29) is 0 Å². The fourth-order valence-corrected chi connectivity index (χ4v) is 4.23. The van der Waals surface area contributed by atoms with Crippen LogP contribution in [0.2, 0.25) is 0 Å². The minimum Gasteiger partial charge on any atom is -0.311 e. The minimum atomic E-state index is 0.609. The first-order valence-electron chi connectivity index (χ1n) is 7.90. The predicted octanol–water partition coefficient (Wildman–Crippen LogP) is 4.87. The van der Waals surface area contributed by atoms with Gasteiger partial charge in [-0.1, -0.05) is 26.7 Å². The summed E-state index contributed by atoms with van der Waals surface area (Å²) < 4.78 is 0. The van der Waals surface area contributed by atoms with E-state index in [1.165, 1.54) is 44.1 Å². The fraction of sp³-hybridized carbons (Fsp3) is 0.765. The van der Waals surface area contributed by atoms with Gasteiger partial charge in [-0.3, -0.25) is 0 Å². The zero-order valence-corrected chi connectivity index (χ0v) is 13.5. The molecule has 0 aromatic carbocycles. The van der Waals surface area contributed by atoms with Crippen LogP contribution in [0.1, 0.15) is 58.4 Å². The van der Waals surface area contributed by atoms with Crippen LogP contribution in [0.5, 0.6) is 0 Å². The highest BCUT2D eigenvalue weighted by Crippen LogP contribution is 2.29. The SMILES string of the molecule is CC(C)CC1CCCC(NC(C)Cc2ccsc2)C1. The van der Waals surface area contributed by atoms with Crippen molar-refractivity contribution in [3.63, 3.8) is 0 Å². The van der Waals surface area contributed by atoms with E-state index < -0.39 is 0 Å². The van der Waals surface area contributed by atoms with Crippen molar-refractivity contribution in [1.82, 2.24) is 5.32 Å². The maximum Gasteiger partial charge on any atom is 0.00820 e. The average Bonchev–Trinajstić information content (AvgIpc) is 2.81. The van der Waals surface area contributed by atoms with Gasteiger partial charge in [0.15, 0.2) is 0 Å². The van der Waals surface area contributed by atoms with Gasteiger partial charge < -0.3 is 5.32 Å². The van der Waals surface area contributed by atoms with E-state index in [2.05, 4.69) is 42.9 Å². The summed E-state index contributed by atoms with van der Waals surface area (Å²) in [4.78, 5) is 0. The Morgan fingerprint density at radius 2 is 2.16 bits per heavy atom. The number of rotatable bonds is 6. The number of thiophene rings is 1. The van der Waals surface area contributed by atoms with Gasteiger partial charge in [-0.15, -0.1) is 0 Å². The lowest BCUT2D eigenvalue weighted by atomic mass is 9.81. The molecule has 1 N–H and O–H groups in total. The van der Waals surface area contributed by atoms with E-state index >= 15 is 0 Å². The molecule has 3 unspecified atom stereocenters. The summed E-state index contributed by atoms with van der Waals surface area (Å²) in [5.74, 6) is 1.81. The van der Waals surface area contributed by atoms with Crippen molar-refractivity contribution < 1.29 is 0 Å². The molecule has 1 fully saturated rings. The zero-order chi connectivity index (χ0) is 13.7. The first kappa shape index (κ1) is 15.1. The highest BCUT2D eigenvalue weighted by atomic mass is 32.1. The summed E-state index contributed by atoms with van der Waals surface area (Å²) in [6.45, 7) is 7.05. The zero-order valence-electron chi connectivity index (χ0n) is 12.7. The quantitative estimate of drug-likeness (QED) is 0.783. The molecule has 0 spiro atoms. The summed E-state index contributed by atoms with van der Waals surface area (Å²) >= 11 is 1.81. The van der Waals surface area contributed by atoms with Crippen molar-refractivity contribution in [2.24, 2.45) is 11.8 Å². The first-order chi connectivity index (χ1) is 9.13. The van der Waals surface area contributed by atoms with Crippen LogP contribution in [0.3, 0.4) is 0 Å². The molecule has 1 nitrogen and oxygen atoms in total. The van der Waals surface area contributed by atoms with Gasteiger partial charge in [-0.25, -0.2) is 0 Å². The van der Waals surface area contributed by atoms with Gasteiger partial charge in [0, 0.05) is 12.1 Å². The van der Waals surface area contributed by atoms with Crippen molar-refractivity contribution in [3.05, 3.63) is 22.4 Å². The minimum absolute atomic E-state index is 0.609. The lowest BCUT2D eigenvalue weighted by Gasteiger charge is -2.32. The van der Waals surface area contributed by atoms with Gasteiger partial charge in [0.1, 0.15) is 0 Å². The largest absolute Gasteiger partial charge is 0.311 e. The molecule has 1 aliphatic rings. The molecule has 19 heavy (non-hydrogen) atoms. The van der Waals surface area contributed by atoms with E-state index in [4.69, 9.17) is 0 Å². The van der Waals surface area contributed by atoms with E-state index in [0.29, 0.717) is 6.04 Å². The second kappa shape index (κ2) is 7.44. The summed E-state index contributed by atoms with van der Waals surface area (Å²) in [5, 5.41) is 8.33. The summed E-state index contributed by atoms with van der Waals surface area (Å²) in [7, 11) is 0. The normalized spacial score (nSPS) is 25.7. The van der Waals surface area contributed by atoms with E-state index in [9.17, 15) is 0 Å². The number of hydrogen-bond donors (Lipinski definition) is 1. The smallest absolute Gasteiger partial charge is 0.00820 e. The molecule has 1 aromatic rings. The van der Waals surface area contributed by atoms with E-state index in [1.54, 1.807) is 0 Å². The van der Waals surface area contributed by atoms with Gasteiger partial charge in [-0.2, -0.15) is 11.3 Å². The third-order valence-corrected chi connectivity index (χ3v) is 4.96. The van der Waals surface area contributed by atoms with Gasteiger partial charge in [-0.05, 0) is 66.8 Å². The topological polar surface area (TPSA) is 12.0 Å². The molecule has 0 bridgehead atoms. The highest BCUT2D eigenvalue weighted by molar-refractivity contribution is 7.07. The monoisotopic (exact) mass is 279 g/mol. The van der Waals surface area contributed by atoms with Crippen LogP contribution in [-0.4, -0.2) is 12.1 Å². The van der Waals surface area contributed by atoms with Crippen molar-refractivity contribution in [3.8, 4) is 0 Å². The summed E-state index contributed by atoms with van der Waals surface area (Å²) in [6.07, 6.45) is 8.23. The molecule has 2 heteroatoms. The molecule has 0 radical (unpaired) electrons. The Hall–Kier alpha value is -0.340. The molecule has 1 aromatic heterocycles. The second-order valence-electron chi connectivity index (χ2n) is 6.76. The summed E-state index contributed by atoms with van der Waals surface area (Å²) in [6, 6.07) is 3.62. The van der Waals surface area contributed by atoms with Gasteiger partial charge in [0.2, 0.25) is 0 Å². The van der Waals surface area contributed by atoms with Crippen molar-refractivity contribution in [2.45, 2.75) is 71.4 Å². The molecule has 0 amide bonds. The number of hydrogen-bond acceptors (Lipinski definition) is 2. The van der Waals surface area contributed by atoms with Crippen LogP contribution in [0.4, 0.5) is 0 Å². The number of nitrogens with one attached hydrogen (secondary N) is 1. The van der Waals surface area contributed by atoms with Gasteiger partial charge in [0.25, 0.3) is 0 Å². The molecule has 1 heterocycles. The van der Waals surface area contributed by atoms with Crippen LogP contribution in [-0.2, 0) is 6.42 Å². The highest BCUT2D eigenvalue weighted by Gasteiger charge is 2.23. The van der Waals surface area contributed by atoms with E-state index in [0.717, 1.165) is 17.9 Å². The van der Waals surface area contributed by atoms with Crippen LogP contribution >= 0.6 is 11.3 Å². The lowest BCUT2D eigenvalue weighted by molar-refractivity contribution is 0.242. The molecule has 3 atom stereocenters. The molecular formula is C17H29NS. The second-order valence-corrected chi connectivity index (χ2v) is 7.54. The van der Waals surface area contributed by atoms with Crippen LogP contribution < -0.4 is 5.32 Å². The van der Waals surface area contributed by atoms with Crippen LogP contribution in [0, 0.1) is 11.8 Å². The first-order valence-corrected chi connectivity index (χ1v) is 8.85. The third kappa shape index (κ3) is 5.27. The average molecular weight is 279 g/mol. The molecule has 0 aliphatic heterocycles. The fourth-order valence-electron chi connectivity index (χ4n) is 3.55. The Balaban J connectivity index is 1.75. The molecule has 2 rings (SSSR count). The molecule has 0 saturated heterocycles. The Morgan fingerprint density at radius 3 is 2.84 bits per heavy atom. The molecule has 1 saturated carbocycles. The van der Waals surface area contributed by atoms with Crippen molar-refractivity contribution in [1.29, 1.82) is 0 Å². The molecule has 1 aliphatic carbocycles. The van der Waals surface area contributed by atoms with Crippen LogP contribution in [0.15, 0.2) is 16.8 Å². The summed E-state index contributed by atoms with van der Waals surface area (Å²) in [5.41, 5.74) is 1.49. The van der Waals surface area contributed by atoms with Gasteiger partial charge in [0.05, 0.1) is 0 Å². The third-order valence-electron chi connectivity index (χ3n) is 4.23. The molecular weight excluding hydrogens is 250 g/mol.